The first kappa shape index (κ1) is 12.9. The third-order valence-electron chi connectivity index (χ3n) is 2.26. The number of halogens is 1. The van der Waals surface area contributed by atoms with Gasteiger partial charge in [-0.15, -0.1) is 0 Å². The first-order valence-electron chi connectivity index (χ1n) is 5.21. The van der Waals surface area contributed by atoms with E-state index in [2.05, 4.69) is 19.1 Å². The minimum absolute atomic E-state index is 0.246. The number of benzene rings is 1. The van der Waals surface area contributed by atoms with Gasteiger partial charge in [-0.3, -0.25) is 0 Å². The van der Waals surface area contributed by atoms with Crippen LogP contribution < -0.4 is 5.73 Å². The molecule has 1 aromatic rings. The number of aryl methyl sites for hydroxylation is 1. The number of thioether (sulfide) groups is 1. The summed E-state index contributed by atoms with van der Waals surface area (Å²) < 4.78 is 0. The van der Waals surface area contributed by atoms with Crippen molar-refractivity contribution in [3.05, 3.63) is 34.3 Å². The van der Waals surface area contributed by atoms with Gasteiger partial charge in [0.25, 0.3) is 0 Å². The molecule has 0 aliphatic rings. The first-order chi connectivity index (χ1) is 7.13. The molecule has 0 bridgehead atoms. The summed E-state index contributed by atoms with van der Waals surface area (Å²) >= 11 is 7.86. The van der Waals surface area contributed by atoms with Crippen molar-refractivity contribution in [2.45, 2.75) is 26.3 Å². The van der Waals surface area contributed by atoms with Gasteiger partial charge in [-0.2, -0.15) is 11.8 Å². The zero-order valence-electron chi connectivity index (χ0n) is 9.29. The Morgan fingerprint density at radius 2 is 2.20 bits per heavy atom. The Bertz CT molecular complexity index is 314. The predicted molar refractivity (Wildman–Crippen MR) is 70.9 cm³/mol. The van der Waals surface area contributed by atoms with E-state index in [-0.39, 0.29) is 6.04 Å². The molecule has 0 radical (unpaired) electrons. The summed E-state index contributed by atoms with van der Waals surface area (Å²) in [4.78, 5) is 0. The topological polar surface area (TPSA) is 26.0 Å². The standard InChI is InChI=1S/C12H18ClNS/c1-3-15-8-11(14)7-10-4-5-12(13)9(2)6-10/h4-6,11H,3,7-8,14H2,1-2H3. The number of nitrogens with two attached hydrogens (primary N) is 1. The van der Waals surface area contributed by atoms with Crippen LogP contribution in [-0.2, 0) is 6.42 Å². The Morgan fingerprint density at radius 1 is 1.47 bits per heavy atom. The summed E-state index contributed by atoms with van der Waals surface area (Å²) in [6.45, 7) is 4.18. The van der Waals surface area contributed by atoms with E-state index in [1.165, 1.54) is 5.56 Å². The highest BCUT2D eigenvalue weighted by Gasteiger charge is 2.05. The molecule has 0 aliphatic carbocycles. The van der Waals surface area contributed by atoms with Crippen molar-refractivity contribution in [1.29, 1.82) is 0 Å². The van der Waals surface area contributed by atoms with Crippen LogP contribution in [0.15, 0.2) is 18.2 Å². The molecule has 1 atom stereocenters. The lowest BCUT2D eigenvalue weighted by Crippen LogP contribution is -2.25. The smallest absolute Gasteiger partial charge is 0.0435 e. The van der Waals surface area contributed by atoms with Crippen LogP contribution in [0.3, 0.4) is 0 Å². The fourth-order valence-electron chi connectivity index (χ4n) is 1.46. The lowest BCUT2D eigenvalue weighted by molar-refractivity contribution is 0.748. The van der Waals surface area contributed by atoms with E-state index in [4.69, 9.17) is 17.3 Å². The van der Waals surface area contributed by atoms with Gasteiger partial charge in [-0.1, -0.05) is 30.7 Å². The molecule has 3 heteroatoms. The zero-order chi connectivity index (χ0) is 11.3. The van der Waals surface area contributed by atoms with Gasteiger partial charge in [-0.05, 0) is 36.3 Å². The molecule has 1 rings (SSSR count). The maximum atomic E-state index is 6.03. The molecule has 15 heavy (non-hydrogen) atoms. The highest BCUT2D eigenvalue weighted by Crippen LogP contribution is 2.17. The van der Waals surface area contributed by atoms with Gasteiger partial charge in [0.1, 0.15) is 0 Å². The minimum Gasteiger partial charge on any atom is -0.327 e. The summed E-state index contributed by atoms with van der Waals surface area (Å²) in [5, 5.41) is 0.829. The predicted octanol–water partition coefficient (Wildman–Crippen LogP) is 3.27. The van der Waals surface area contributed by atoms with Crippen molar-refractivity contribution >= 4 is 23.4 Å². The molecule has 0 aromatic heterocycles. The SMILES string of the molecule is CCSCC(N)Cc1ccc(Cl)c(C)c1. The van der Waals surface area contributed by atoms with Crippen molar-refractivity contribution in [2.75, 3.05) is 11.5 Å². The molecular formula is C12H18ClNS. The van der Waals surface area contributed by atoms with Crippen molar-refractivity contribution in [3.8, 4) is 0 Å². The second-order valence-corrected chi connectivity index (χ2v) is 5.43. The average molecular weight is 244 g/mol. The fraction of sp³-hybridized carbons (Fsp3) is 0.500. The van der Waals surface area contributed by atoms with E-state index in [0.29, 0.717) is 0 Å². The van der Waals surface area contributed by atoms with Gasteiger partial charge >= 0.3 is 0 Å². The summed E-state index contributed by atoms with van der Waals surface area (Å²) in [5.41, 5.74) is 8.43. The zero-order valence-corrected chi connectivity index (χ0v) is 10.9. The number of rotatable bonds is 5. The summed E-state index contributed by atoms with van der Waals surface area (Å²) in [5.74, 6) is 2.16. The normalized spacial score (nSPS) is 12.8. The minimum atomic E-state index is 0.246. The molecule has 84 valence electrons. The van der Waals surface area contributed by atoms with E-state index in [0.717, 1.165) is 28.5 Å². The second kappa shape index (κ2) is 6.41. The number of hydrogen-bond donors (Lipinski definition) is 1. The van der Waals surface area contributed by atoms with Gasteiger partial charge in [-0.25, -0.2) is 0 Å². The first-order valence-corrected chi connectivity index (χ1v) is 6.75. The molecule has 2 N–H and O–H groups in total. The molecule has 0 amide bonds. The van der Waals surface area contributed by atoms with Crippen LogP contribution in [0.5, 0.6) is 0 Å². The molecule has 0 saturated carbocycles. The maximum Gasteiger partial charge on any atom is 0.0435 e. The third-order valence-corrected chi connectivity index (χ3v) is 3.75. The van der Waals surface area contributed by atoms with Crippen molar-refractivity contribution in [3.63, 3.8) is 0 Å². The van der Waals surface area contributed by atoms with Crippen LogP contribution in [0.4, 0.5) is 0 Å². The third kappa shape index (κ3) is 4.45. The highest BCUT2D eigenvalue weighted by atomic mass is 35.5. The Morgan fingerprint density at radius 3 is 2.80 bits per heavy atom. The molecule has 1 nitrogen and oxygen atoms in total. The van der Waals surface area contributed by atoms with Crippen LogP contribution in [0.2, 0.25) is 5.02 Å². The Balaban J connectivity index is 2.53. The van der Waals surface area contributed by atoms with Gasteiger partial charge in [0.15, 0.2) is 0 Å². The Labute approximate surface area is 101 Å². The van der Waals surface area contributed by atoms with E-state index in [1.54, 1.807) is 0 Å². The van der Waals surface area contributed by atoms with E-state index >= 15 is 0 Å². The van der Waals surface area contributed by atoms with Gasteiger partial charge in [0.2, 0.25) is 0 Å². The van der Waals surface area contributed by atoms with Gasteiger partial charge in [0.05, 0.1) is 0 Å². The molecule has 0 fully saturated rings. The Hall–Kier alpha value is -0.180. The molecular weight excluding hydrogens is 226 g/mol. The Kier molecular flexibility index (Phi) is 5.51. The van der Waals surface area contributed by atoms with Crippen molar-refractivity contribution < 1.29 is 0 Å². The monoisotopic (exact) mass is 243 g/mol. The summed E-state index contributed by atoms with van der Waals surface area (Å²) in [6, 6.07) is 6.38. The van der Waals surface area contributed by atoms with E-state index in [9.17, 15) is 0 Å². The van der Waals surface area contributed by atoms with Crippen LogP contribution in [-0.4, -0.2) is 17.5 Å². The van der Waals surface area contributed by atoms with Crippen LogP contribution in [0, 0.1) is 6.92 Å². The fourth-order valence-corrected chi connectivity index (χ4v) is 2.24. The van der Waals surface area contributed by atoms with Crippen LogP contribution in [0.25, 0.3) is 0 Å². The molecule has 0 saturated heterocycles. The molecule has 0 heterocycles. The van der Waals surface area contributed by atoms with Gasteiger partial charge < -0.3 is 5.73 Å². The number of hydrogen-bond acceptors (Lipinski definition) is 2. The van der Waals surface area contributed by atoms with Crippen molar-refractivity contribution in [1.82, 2.24) is 0 Å². The lowest BCUT2D eigenvalue weighted by atomic mass is 10.1. The largest absolute Gasteiger partial charge is 0.327 e. The van der Waals surface area contributed by atoms with Gasteiger partial charge in [0, 0.05) is 16.8 Å². The highest BCUT2D eigenvalue weighted by molar-refractivity contribution is 7.99. The van der Waals surface area contributed by atoms with E-state index in [1.807, 2.05) is 24.8 Å². The summed E-state index contributed by atoms with van der Waals surface area (Å²) in [7, 11) is 0. The van der Waals surface area contributed by atoms with Crippen LogP contribution in [0.1, 0.15) is 18.1 Å². The maximum absolute atomic E-state index is 6.03. The molecule has 1 unspecified atom stereocenters. The quantitative estimate of drug-likeness (QED) is 0.859. The molecule has 0 spiro atoms. The second-order valence-electron chi connectivity index (χ2n) is 3.71. The molecule has 1 aromatic carbocycles. The van der Waals surface area contributed by atoms with Crippen LogP contribution >= 0.6 is 23.4 Å². The molecule has 0 aliphatic heterocycles. The summed E-state index contributed by atoms with van der Waals surface area (Å²) in [6.07, 6.45) is 0.936. The van der Waals surface area contributed by atoms with E-state index < -0.39 is 0 Å². The van der Waals surface area contributed by atoms with Crippen molar-refractivity contribution in [2.24, 2.45) is 5.73 Å². The average Bonchev–Trinajstić information content (AvgIpc) is 2.20. The lowest BCUT2D eigenvalue weighted by Gasteiger charge is -2.11.